The molecule has 0 aliphatic carbocycles. The fourth-order valence-electron chi connectivity index (χ4n) is 1.47. The molecule has 0 atom stereocenters. The number of hydrogen-bond acceptors (Lipinski definition) is 2. The second kappa shape index (κ2) is 2.62. The maximum absolute atomic E-state index is 11.1. The van der Waals surface area contributed by atoms with Crippen LogP contribution in [0.4, 0.5) is 0 Å². The van der Waals surface area contributed by atoms with Crippen molar-refractivity contribution in [3.63, 3.8) is 0 Å². The van der Waals surface area contributed by atoms with E-state index in [0.717, 1.165) is 5.39 Å². The number of rotatable bonds is 1. The van der Waals surface area contributed by atoms with Crippen LogP contribution in [-0.4, -0.2) is 5.91 Å². The van der Waals surface area contributed by atoms with Gasteiger partial charge in [-0.1, -0.05) is 18.2 Å². The molecule has 0 aliphatic heterocycles. The van der Waals surface area contributed by atoms with Crippen molar-refractivity contribution in [3.8, 4) is 0 Å². The largest absolute Gasteiger partial charge is 0.461 e. The van der Waals surface area contributed by atoms with E-state index < -0.39 is 5.91 Å². The number of furan rings is 1. The number of carbonyl (C=O) groups excluding carboxylic acids is 1. The minimum Gasteiger partial charge on any atom is -0.461 e. The molecule has 1 aromatic heterocycles. The van der Waals surface area contributed by atoms with Crippen LogP contribution < -0.4 is 5.73 Å². The molecular formula is C10H9NO2. The van der Waals surface area contributed by atoms with Crippen LogP contribution in [0.1, 0.15) is 16.1 Å². The Bertz CT molecular complexity index is 471. The second-order valence-electron chi connectivity index (χ2n) is 2.89. The van der Waals surface area contributed by atoms with E-state index in [9.17, 15) is 4.79 Å². The molecule has 0 aliphatic rings. The average molecular weight is 175 g/mol. The van der Waals surface area contributed by atoms with E-state index in [1.54, 1.807) is 6.92 Å². The molecular weight excluding hydrogens is 166 g/mol. The molecule has 0 spiro atoms. The Hall–Kier alpha value is -1.77. The lowest BCUT2D eigenvalue weighted by atomic mass is 10.1. The van der Waals surface area contributed by atoms with Gasteiger partial charge in [-0.2, -0.15) is 0 Å². The topological polar surface area (TPSA) is 56.2 Å². The quantitative estimate of drug-likeness (QED) is 0.718. The van der Waals surface area contributed by atoms with E-state index >= 15 is 0 Å². The number of benzene rings is 1. The molecule has 0 radical (unpaired) electrons. The third kappa shape index (κ3) is 1.09. The number of aryl methyl sites for hydroxylation is 1. The summed E-state index contributed by atoms with van der Waals surface area (Å²) in [5.74, 6) is 0.135. The van der Waals surface area contributed by atoms with E-state index in [1.807, 2.05) is 24.3 Å². The molecule has 3 heteroatoms. The van der Waals surface area contributed by atoms with E-state index in [4.69, 9.17) is 10.2 Å². The molecule has 1 aromatic carbocycles. The summed E-state index contributed by atoms with van der Waals surface area (Å²) in [6.45, 7) is 1.74. The van der Waals surface area contributed by atoms with Crippen LogP contribution in [0.3, 0.4) is 0 Å². The van der Waals surface area contributed by atoms with Gasteiger partial charge in [-0.3, -0.25) is 4.79 Å². The summed E-state index contributed by atoms with van der Waals surface area (Å²) in [6, 6.07) is 7.35. The van der Waals surface area contributed by atoms with Crippen LogP contribution in [0.5, 0.6) is 0 Å². The molecule has 0 fully saturated rings. The van der Waals surface area contributed by atoms with Crippen molar-refractivity contribution >= 4 is 16.9 Å². The Morgan fingerprint density at radius 2 is 2.08 bits per heavy atom. The number of carbonyl (C=O) groups is 1. The lowest BCUT2D eigenvalue weighted by Gasteiger charge is -1.90. The number of para-hydroxylation sites is 1. The highest BCUT2D eigenvalue weighted by atomic mass is 16.3. The van der Waals surface area contributed by atoms with E-state index in [-0.39, 0.29) is 0 Å². The van der Waals surface area contributed by atoms with Crippen LogP contribution in [0, 0.1) is 6.92 Å². The molecule has 66 valence electrons. The van der Waals surface area contributed by atoms with Crippen molar-refractivity contribution in [2.45, 2.75) is 6.92 Å². The third-order valence-electron chi connectivity index (χ3n) is 2.02. The van der Waals surface area contributed by atoms with Crippen LogP contribution in [0.2, 0.25) is 0 Å². The van der Waals surface area contributed by atoms with Gasteiger partial charge < -0.3 is 10.2 Å². The number of nitrogens with two attached hydrogens (primary N) is 1. The lowest BCUT2D eigenvalue weighted by Crippen LogP contribution is -2.11. The van der Waals surface area contributed by atoms with Gasteiger partial charge in [-0.15, -0.1) is 0 Å². The van der Waals surface area contributed by atoms with Gasteiger partial charge in [-0.25, -0.2) is 0 Å². The fourth-order valence-corrected chi connectivity index (χ4v) is 1.47. The molecule has 0 unspecified atom stereocenters. The summed E-state index contributed by atoms with van der Waals surface area (Å²) in [6.07, 6.45) is 0. The van der Waals surface area contributed by atoms with Crippen LogP contribution in [-0.2, 0) is 0 Å². The Labute approximate surface area is 75.1 Å². The Kier molecular flexibility index (Phi) is 1.59. The molecule has 13 heavy (non-hydrogen) atoms. The number of amides is 1. The third-order valence-corrected chi connectivity index (χ3v) is 2.02. The monoisotopic (exact) mass is 175 g/mol. The van der Waals surface area contributed by atoms with Gasteiger partial charge in [0.2, 0.25) is 0 Å². The first-order chi connectivity index (χ1) is 6.20. The maximum atomic E-state index is 11.1. The zero-order valence-electron chi connectivity index (χ0n) is 7.20. The summed E-state index contributed by atoms with van der Waals surface area (Å²) in [5.41, 5.74) is 6.41. The van der Waals surface area contributed by atoms with Crippen molar-refractivity contribution in [1.29, 1.82) is 0 Å². The first kappa shape index (κ1) is 7.86. The summed E-state index contributed by atoms with van der Waals surface area (Å²) in [4.78, 5) is 11.1. The maximum Gasteiger partial charge on any atom is 0.252 e. The van der Waals surface area contributed by atoms with Gasteiger partial charge in [0.1, 0.15) is 11.3 Å². The van der Waals surface area contributed by atoms with Crippen molar-refractivity contribution in [2.75, 3.05) is 0 Å². The predicted molar refractivity (Wildman–Crippen MR) is 49.5 cm³/mol. The molecule has 2 N–H and O–H groups in total. The SMILES string of the molecule is Cc1oc2ccccc2c1C(N)=O. The standard InChI is InChI=1S/C10H9NO2/c1-6-9(10(11)12)7-4-2-3-5-8(7)13-6/h2-5H,1H3,(H2,11,12). The lowest BCUT2D eigenvalue weighted by molar-refractivity contribution is 0.1000. The molecule has 0 saturated carbocycles. The smallest absolute Gasteiger partial charge is 0.252 e. The van der Waals surface area contributed by atoms with Crippen LogP contribution >= 0.6 is 0 Å². The van der Waals surface area contributed by atoms with Crippen LogP contribution in [0.25, 0.3) is 11.0 Å². The molecule has 1 heterocycles. The first-order valence-electron chi connectivity index (χ1n) is 3.98. The van der Waals surface area contributed by atoms with Gasteiger partial charge in [0.05, 0.1) is 5.56 Å². The minimum atomic E-state index is -0.442. The van der Waals surface area contributed by atoms with Gasteiger partial charge in [-0.05, 0) is 13.0 Å². The van der Waals surface area contributed by atoms with Gasteiger partial charge >= 0.3 is 0 Å². The van der Waals surface area contributed by atoms with Crippen molar-refractivity contribution in [1.82, 2.24) is 0 Å². The number of fused-ring (bicyclic) bond motifs is 1. The summed E-state index contributed by atoms with van der Waals surface area (Å²) < 4.78 is 5.36. The Balaban J connectivity index is 2.86. The van der Waals surface area contributed by atoms with Crippen molar-refractivity contribution in [3.05, 3.63) is 35.6 Å². The fraction of sp³-hybridized carbons (Fsp3) is 0.100. The van der Waals surface area contributed by atoms with E-state index in [0.29, 0.717) is 16.9 Å². The highest BCUT2D eigenvalue weighted by Crippen LogP contribution is 2.24. The van der Waals surface area contributed by atoms with E-state index in [2.05, 4.69) is 0 Å². The summed E-state index contributed by atoms with van der Waals surface area (Å²) in [7, 11) is 0. The molecule has 2 aromatic rings. The van der Waals surface area contributed by atoms with Crippen molar-refractivity contribution in [2.24, 2.45) is 5.73 Å². The number of primary amides is 1. The van der Waals surface area contributed by atoms with Gasteiger partial charge in [0.15, 0.2) is 0 Å². The first-order valence-corrected chi connectivity index (χ1v) is 3.98. The second-order valence-corrected chi connectivity index (χ2v) is 2.89. The molecule has 2 rings (SSSR count). The zero-order chi connectivity index (χ0) is 9.42. The minimum absolute atomic E-state index is 0.442. The molecule has 3 nitrogen and oxygen atoms in total. The molecule has 0 saturated heterocycles. The number of hydrogen-bond donors (Lipinski definition) is 1. The predicted octanol–water partition coefficient (Wildman–Crippen LogP) is 1.84. The van der Waals surface area contributed by atoms with Gasteiger partial charge in [0.25, 0.3) is 5.91 Å². The van der Waals surface area contributed by atoms with Gasteiger partial charge in [0, 0.05) is 5.39 Å². The normalized spacial score (nSPS) is 10.5. The van der Waals surface area contributed by atoms with Crippen molar-refractivity contribution < 1.29 is 9.21 Å². The highest BCUT2D eigenvalue weighted by molar-refractivity contribution is 6.06. The summed E-state index contributed by atoms with van der Waals surface area (Å²) >= 11 is 0. The molecule has 1 amide bonds. The highest BCUT2D eigenvalue weighted by Gasteiger charge is 2.14. The summed E-state index contributed by atoms with van der Waals surface area (Å²) in [5, 5.41) is 0.785. The van der Waals surface area contributed by atoms with Crippen LogP contribution in [0.15, 0.2) is 28.7 Å². The van der Waals surface area contributed by atoms with E-state index in [1.165, 1.54) is 0 Å². The Morgan fingerprint density at radius 1 is 1.38 bits per heavy atom. The molecule has 0 bridgehead atoms. The zero-order valence-corrected chi connectivity index (χ0v) is 7.20. The average Bonchev–Trinajstić information content (AvgIpc) is 2.39. The Morgan fingerprint density at radius 3 is 2.77 bits per heavy atom.